The molecule has 3 aromatic rings. The molecule has 0 unspecified atom stereocenters. The molecule has 0 bridgehead atoms. The predicted molar refractivity (Wildman–Crippen MR) is 126 cm³/mol. The van der Waals surface area contributed by atoms with Crippen molar-refractivity contribution in [2.75, 3.05) is 6.61 Å². The van der Waals surface area contributed by atoms with Gasteiger partial charge in [-0.15, -0.1) is 0 Å². The van der Waals surface area contributed by atoms with E-state index in [0.717, 1.165) is 17.7 Å². The largest absolute Gasteiger partial charge is 0.490 e. The van der Waals surface area contributed by atoms with Crippen LogP contribution in [0.2, 0.25) is 0 Å². The summed E-state index contributed by atoms with van der Waals surface area (Å²) in [5.74, 6) is -3.47. The average Bonchev–Trinajstić information content (AvgIpc) is 3.32. The van der Waals surface area contributed by atoms with Gasteiger partial charge < -0.3 is 15.6 Å². The number of Topliss-reactive ketones (excluding diaryl/α,β-unsaturated/α-hetero) is 1. The Hall–Kier alpha value is -3.30. The van der Waals surface area contributed by atoms with Gasteiger partial charge in [-0.1, -0.05) is 6.92 Å². The zero-order valence-electron chi connectivity index (χ0n) is 19.7. The van der Waals surface area contributed by atoms with Crippen LogP contribution in [-0.2, 0) is 12.8 Å². The van der Waals surface area contributed by atoms with Crippen molar-refractivity contribution < 1.29 is 27.8 Å². The van der Waals surface area contributed by atoms with Gasteiger partial charge in [0, 0.05) is 36.8 Å². The number of ether oxygens (including phenoxy) is 1. The van der Waals surface area contributed by atoms with Crippen LogP contribution in [0.15, 0.2) is 36.7 Å². The normalized spacial score (nSPS) is 23.3. The fourth-order valence-electron chi connectivity index (χ4n) is 5.32. The van der Waals surface area contributed by atoms with Crippen LogP contribution in [0.25, 0.3) is 11.3 Å². The lowest BCUT2D eigenvalue weighted by Gasteiger charge is -2.36. The molecule has 1 saturated carbocycles. The summed E-state index contributed by atoms with van der Waals surface area (Å²) in [4.78, 5) is 21.4. The molecule has 0 amide bonds. The smallest absolute Gasteiger partial charge is 0.185 e. The highest BCUT2D eigenvalue weighted by atomic mass is 19.1. The van der Waals surface area contributed by atoms with Gasteiger partial charge in [-0.2, -0.15) is 0 Å². The number of rotatable bonds is 5. The van der Waals surface area contributed by atoms with E-state index < -0.39 is 40.6 Å². The number of aromatic nitrogens is 2. The van der Waals surface area contributed by atoms with Gasteiger partial charge in [0.05, 0.1) is 18.3 Å². The first-order valence-electron chi connectivity index (χ1n) is 11.9. The van der Waals surface area contributed by atoms with Crippen LogP contribution in [0.1, 0.15) is 52.9 Å². The number of benzene rings is 1. The van der Waals surface area contributed by atoms with Crippen molar-refractivity contribution in [1.29, 1.82) is 0 Å². The molecule has 0 saturated heterocycles. The number of nitrogens with zero attached hydrogens (tertiary/aromatic N) is 2. The van der Waals surface area contributed by atoms with E-state index in [9.17, 15) is 18.7 Å². The number of hydrogen-bond donors (Lipinski definition) is 2. The topological polar surface area (TPSA) is 98.3 Å². The molecular formula is C27H26F3N3O3. The second-order valence-corrected chi connectivity index (χ2v) is 9.64. The zero-order chi connectivity index (χ0) is 25.6. The average molecular weight is 498 g/mol. The number of aliphatic hydroxyl groups is 1. The highest BCUT2D eigenvalue weighted by Gasteiger charge is 2.34. The van der Waals surface area contributed by atoms with Gasteiger partial charge in [0.15, 0.2) is 17.3 Å². The lowest BCUT2D eigenvalue weighted by molar-refractivity contribution is 0.0519. The van der Waals surface area contributed by atoms with E-state index >= 15 is 4.39 Å². The number of fused-ring (bicyclic) bond motifs is 1. The van der Waals surface area contributed by atoms with Crippen molar-refractivity contribution in [3.8, 4) is 17.0 Å². The Kier molecular flexibility index (Phi) is 6.53. The predicted octanol–water partition coefficient (Wildman–Crippen LogP) is 4.12. The molecule has 3 heterocycles. The summed E-state index contributed by atoms with van der Waals surface area (Å²) in [5.41, 5.74) is 6.72. The van der Waals surface area contributed by atoms with Crippen LogP contribution in [0.5, 0.6) is 5.75 Å². The van der Waals surface area contributed by atoms with Gasteiger partial charge in [0.1, 0.15) is 23.0 Å². The lowest BCUT2D eigenvalue weighted by Crippen LogP contribution is -2.44. The summed E-state index contributed by atoms with van der Waals surface area (Å²) in [7, 11) is 0. The van der Waals surface area contributed by atoms with Crippen LogP contribution < -0.4 is 10.5 Å². The number of ketones is 1. The summed E-state index contributed by atoms with van der Waals surface area (Å²) >= 11 is 0. The van der Waals surface area contributed by atoms with Crippen molar-refractivity contribution in [3.05, 3.63) is 76.5 Å². The maximum atomic E-state index is 15.0. The van der Waals surface area contributed by atoms with Crippen LogP contribution in [0.3, 0.4) is 0 Å². The molecule has 1 aliphatic heterocycles. The molecule has 5 rings (SSSR count). The Morgan fingerprint density at radius 2 is 2.00 bits per heavy atom. The Labute approximate surface area is 206 Å². The number of halogens is 3. The molecule has 3 N–H and O–H groups in total. The summed E-state index contributed by atoms with van der Waals surface area (Å²) in [6, 6.07) is 4.76. The van der Waals surface area contributed by atoms with Gasteiger partial charge in [-0.3, -0.25) is 9.78 Å². The molecule has 0 spiro atoms. The summed E-state index contributed by atoms with van der Waals surface area (Å²) in [5, 5.41) is 10.2. The number of carbonyl (C=O) groups is 1. The minimum Gasteiger partial charge on any atom is -0.490 e. The maximum Gasteiger partial charge on any atom is 0.185 e. The molecule has 2 aliphatic rings. The van der Waals surface area contributed by atoms with Gasteiger partial charge in [-0.05, 0) is 60.1 Å². The molecule has 1 fully saturated rings. The molecule has 0 radical (unpaired) electrons. The molecule has 4 atom stereocenters. The SMILES string of the molecule is C[C@H]1C[C@@H](c2ccncc2CC(=O)c2ccc(F)c(-c3c(F)cc4c(c3F)OCC4)n2)C[C@@H](N)[C@@H]1O. The Morgan fingerprint density at radius 1 is 1.19 bits per heavy atom. The Morgan fingerprint density at radius 3 is 2.78 bits per heavy atom. The van der Waals surface area contributed by atoms with Crippen molar-refractivity contribution >= 4 is 5.78 Å². The maximum absolute atomic E-state index is 15.0. The van der Waals surface area contributed by atoms with E-state index in [0.29, 0.717) is 30.4 Å². The lowest BCUT2D eigenvalue weighted by atomic mass is 9.74. The molecule has 188 valence electrons. The minimum atomic E-state index is -1.03. The Balaban J connectivity index is 1.45. The number of carbonyl (C=O) groups excluding carboxylic acids is 1. The van der Waals surface area contributed by atoms with E-state index in [4.69, 9.17) is 10.5 Å². The number of pyridine rings is 2. The zero-order valence-corrected chi connectivity index (χ0v) is 19.7. The summed E-state index contributed by atoms with van der Waals surface area (Å²) < 4.78 is 49.7. The monoisotopic (exact) mass is 497 g/mol. The molecule has 2 aromatic heterocycles. The third-order valence-corrected chi connectivity index (χ3v) is 7.20. The van der Waals surface area contributed by atoms with Gasteiger partial charge in [0.25, 0.3) is 0 Å². The van der Waals surface area contributed by atoms with Crippen LogP contribution in [0, 0.1) is 23.4 Å². The van der Waals surface area contributed by atoms with Gasteiger partial charge in [0.2, 0.25) is 0 Å². The van der Waals surface area contributed by atoms with Crippen molar-refractivity contribution in [1.82, 2.24) is 9.97 Å². The minimum absolute atomic E-state index is 0.00196. The standard InChI is InChI=1S/C27H26F3N3O3/c1-13-8-15(10-20(31)26(13)35)17-4-6-32-12-16(17)11-22(34)21-3-2-18(28)25(33-21)23-19(29)9-14-5-7-36-27(14)24(23)30/h2-4,6,9,12-13,15,20,26,35H,5,7-8,10-11,31H2,1H3/t13-,15+,20+,26+/m0/s1. The van der Waals surface area contributed by atoms with Crippen molar-refractivity contribution in [2.24, 2.45) is 11.7 Å². The van der Waals surface area contributed by atoms with Crippen molar-refractivity contribution in [2.45, 2.75) is 50.7 Å². The van der Waals surface area contributed by atoms with E-state index in [1.807, 2.05) is 13.0 Å². The Bertz CT molecular complexity index is 1320. The third kappa shape index (κ3) is 4.37. The van der Waals surface area contributed by atoms with Crippen LogP contribution >= 0.6 is 0 Å². The third-order valence-electron chi connectivity index (χ3n) is 7.20. The van der Waals surface area contributed by atoms with E-state index in [1.54, 1.807) is 12.4 Å². The van der Waals surface area contributed by atoms with Gasteiger partial charge in [-0.25, -0.2) is 18.2 Å². The number of nitrogens with two attached hydrogens (primary N) is 1. The molecule has 36 heavy (non-hydrogen) atoms. The molecule has 6 nitrogen and oxygen atoms in total. The first kappa shape index (κ1) is 24.4. The van der Waals surface area contributed by atoms with Gasteiger partial charge >= 0.3 is 0 Å². The second-order valence-electron chi connectivity index (χ2n) is 9.64. The molecule has 1 aromatic carbocycles. The fourth-order valence-corrected chi connectivity index (χ4v) is 5.32. The van der Waals surface area contributed by atoms with E-state index in [2.05, 4.69) is 9.97 Å². The number of hydrogen-bond acceptors (Lipinski definition) is 6. The fraction of sp³-hybridized carbons (Fsp3) is 0.370. The first-order chi connectivity index (χ1) is 17.2. The second kappa shape index (κ2) is 9.63. The van der Waals surface area contributed by atoms with E-state index in [1.165, 1.54) is 6.07 Å². The summed E-state index contributed by atoms with van der Waals surface area (Å²) in [6.45, 7) is 2.15. The highest BCUT2D eigenvalue weighted by Crippen LogP contribution is 2.39. The van der Waals surface area contributed by atoms with E-state index in [-0.39, 0.29) is 42.3 Å². The first-order valence-corrected chi connectivity index (χ1v) is 11.9. The van der Waals surface area contributed by atoms with Crippen molar-refractivity contribution in [3.63, 3.8) is 0 Å². The summed E-state index contributed by atoms with van der Waals surface area (Å²) in [6.07, 6.45) is 4.19. The molecule has 1 aliphatic carbocycles. The molecule has 9 heteroatoms. The highest BCUT2D eigenvalue weighted by molar-refractivity contribution is 5.96. The molecular weight excluding hydrogens is 471 g/mol. The number of aliphatic hydroxyl groups excluding tert-OH is 1. The quantitative estimate of drug-likeness (QED) is 0.515. The van der Waals surface area contributed by atoms with Crippen LogP contribution in [0.4, 0.5) is 13.2 Å². The van der Waals surface area contributed by atoms with Crippen LogP contribution in [-0.4, -0.2) is 39.6 Å².